The molecule has 0 radical (unpaired) electrons. The van der Waals surface area contributed by atoms with Crippen molar-refractivity contribution in [3.05, 3.63) is 51.7 Å². The third-order valence-corrected chi connectivity index (χ3v) is 5.37. The van der Waals surface area contributed by atoms with Gasteiger partial charge in [-0.25, -0.2) is 0 Å². The molecule has 30 heavy (non-hydrogen) atoms. The maximum Gasteiger partial charge on any atom is 0.224 e. The molecule has 0 saturated heterocycles. The van der Waals surface area contributed by atoms with Crippen molar-refractivity contribution in [3.63, 3.8) is 0 Å². The van der Waals surface area contributed by atoms with Crippen molar-refractivity contribution < 1.29 is 19.2 Å². The van der Waals surface area contributed by atoms with Gasteiger partial charge in [-0.2, -0.15) is 0 Å². The fourth-order valence-electron chi connectivity index (χ4n) is 2.83. The second-order valence-electron chi connectivity index (χ2n) is 7.52. The van der Waals surface area contributed by atoms with Gasteiger partial charge in [0.15, 0.2) is 5.78 Å². The van der Waals surface area contributed by atoms with Crippen LogP contribution in [0.25, 0.3) is 0 Å². The van der Waals surface area contributed by atoms with Crippen LogP contribution in [0.2, 0.25) is 0 Å². The molecule has 0 saturated carbocycles. The SMILES string of the molecule is Cc1ccc(C(=O)CCC(=O)CCC(=O)Nc2ccc(CC(=O)NC(C)C)cc2)s1. The first-order valence-electron chi connectivity index (χ1n) is 10.0. The van der Waals surface area contributed by atoms with E-state index in [-0.39, 0.29) is 61.5 Å². The average Bonchev–Trinajstić information content (AvgIpc) is 3.12. The summed E-state index contributed by atoms with van der Waals surface area (Å²) in [5.74, 6) is -0.437. The van der Waals surface area contributed by atoms with Crippen molar-refractivity contribution in [3.8, 4) is 0 Å². The van der Waals surface area contributed by atoms with Gasteiger partial charge in [-0.3, -0.25) is 19.2 Å². The fourth-order valence-corrected chi connectivity index (χ4v) is 3.66. The number of thiophene rings is 1. The van der Waals surface area contributed by atoms with Crippen LogP contribution >= 0.6 is 11.3 Å². The topological polar surface area (TPSA) is 92.3 Å². The molecular formula is C23H28N2O4S. The van der Waals surface area contributed by atoms with E-state index in [4.69, 9.17) is 0 Å². The van der Waals surface area contributed by atoms with E-state index < -0.39 is 0 Å². The molecule has 2 rings (SSSR count). The van der Waals surface area contributed by atoms with Gasteiger partial charge in [0, 0.05) is 42.3 Å². The van der Waals surface area contributed by atoms with Gasteiger partial charge in [0.25, 0.3) is 0 Å². The van der Waals surface area contributed by atoms with E-state index in [1.807, 2.05) is 26.8 Å². The number of anilines is 1. The van der Waals surface area contributed by atoms with Crippen LogP contribution in [0.1, 0.15) is 59.6 Å². The Morgan fingerprint density at radius 2 is 1.53 bits per heavy atom. The largest absolute Gasteiger partial charge is 0.354 e. The predicted molar refractivity (Wildman–Crippen MR) is 119 cm³/mol. The summed E-state index contributed by atoms with van der Waals surface area (Å²) in [7, 11) is 0. The highest BCUT2D eigenvalue weighted by atomic mass is 32.1. The Labute approximate surface area is 181 Å². The van der Waals surface area contributed by atoms with Crippen LogP contribution in [0.15, 0.2) is 36.4 Å². The first kappa shape index (κ1) is 23.5. The number of rotatable bonds is 11. The van der Waals surface area contributed by atoms with E-state index in [0.29, 0.717) is 10.6 Å². The number of hydrogen-bond donors (Lipinski definition) is 2. The summed E-state index contributed by atoms with van der Waals surface area (Å²) in [6, 6.07) is 10.8. The zero-order valence-corrected chi connectivity index (χ0v) is 18.4. The van der Waals surface area contributed by atoms with Gasteiger partial charge >= 0.3 is 0 Å². The van der Waals surface area contributed by atoms with Crippen molar-refractivity contribution in [2.45, 2.75) is 58.9 Å². The number of Topliss-reactive ketones (excluding diaryl/α,β-unsaturated/α-hetero) is 2. The van der Waals surface area contributed by atoms with Crippen LogP contribution in [0.5, 0.6) is 0 Å². The molecule has 1 aromatic carbocycles. The Bertz CT molecular complexity index is 900. The fraction of sp³-hybridized carbons (Fsp3) is 0.391. The number of nitrogens with one attached hydrogen (secondary N) is 2. The Morgan fingerprint density at radius 3 is 2.13 bits per heavy atom. The molecular weight excluding hydrogens is 400 g/mol. The van der Waals surface area contributed by atoms with E-state index in [9.17, 15) is 19.2 Å². The second-order valence-corrected chi connectivity index (χ2v) is 8.80. The monoisotopic (exact) mass is 428 g/mol. The molecule has 0 spiro atoms. The molecule has 7 heteroatoms. The minimum atomic E-state index is -0.256. The van der Waals surface area contributed by atoms with Crippen molar-refractivity contribution in [2.75, 3.05) is 5.32 Å². The molecule has 160 valence electrons. The molecule has 2 aromatic rings. The second kappa shape index (κ2) is 11.4. The third kappa shape index (κ3) is 8.29. The van der Waals surface area contributed by atoms with Gasteiger partial charge in [0.2, 0.25) is 11.8 Å². The summed E-state index contributed by atoms with van der Waals surface area (Å²) in [4.78, 5) is 49.6. The maximum absolute atomic E-state index is 12.1. The standard InChI is InChI=1S/C23H28N2O4S/c1-15(2)24-23(29)14-17-5-7-18(8-6-17)25-22(28)13-10-19(26)9-11-20(27)21-12-4-16(3)30-21/h4-8,12,15H,9-11,13-14H2,1-3H3,(H,24,29)(H,25,28). The van der Waals surface area contributed by atoms with Crippen LogP contribution in [-0.4, -0.2) is 29.4 Å². The molecule has 0 unspecified atom stereocenters. The number of ketones is 2. The number of carbonyl (C=O) groups is 4. The highest BCUT2D eigenvalue weighted by Gasteiger charge is 2.13. The van der Waals surface area contributed by atoms with E-state index in [1.54, 1.807) is 30.3 Å². The van der Waals surface area contributed by atoms with E-state index in [1.165, 1.54) is 11.3 Å². The summed E-state index contributed by atoms with van der Waals surface area (Å²) in [5, 5.41) is 5.58. The number of aryl methyl sites for hydroxylation is 1. The van der Waals surface area contributed by atoms with E-state index in [2.05, 4.69) is 10.6 Å². The maximum atomic E-state index is 12.1. The van der Waals surface area contributed by atoms with Gasteiger partial charge in [-0.15, -0.1) is 11.3 Å². The van der Waals surface area contributed by atoms with Crippen LogP contribution < -0.4 is 10.6 Å². The van der Waals surface area contributed by atoms with Gasteiger partial charge in [-0.1, -0.05) is 12.1 Å². The Hall–Kier alpha value is -2.80. The normalized spacial score (nSPS) is 10.7. The molecule has 0 bridgehead atoms. The molecule has 0 aliphatic heterocycles. The quantitative estimate of drug-likeness (QED) is 0.528. The molecule has 6 nitrogen and oxygen atoms in total. The Balaban J connectivity index is 1.70. The first-order chi connectivity index (χ1) is 14.2. The Kier molecular flexibility index (Phi) is 8.92. The number of hydrogen-bond acceptors (Lipinski definition) is 5. The van der Waals surface area contributed by atoms with Crippen LogP contribution in [-0.2, 0) is 20.8 Å². The van der Waals surface area contributed by atoms with E-state index >= 15 is 0 Å². The summed E-state index contributed by atoms with van der Waals surface area (Å²) in [6.07, 6.45) is 0.785. The van der Waals surface area contributed by atoms with Crippen LogP contribution in [0.3, 0.4) is 0 Å². The smallest absolute Gasteiger partial charge is 0.224 e. The average molecular weight is 429 g/mol. The van der Waals surface area contributed by atoms with E-state index in [0.717, 1.165) is 10.4 Å². The number of carbonyl (C=O) groups excluding carboxylic acids is 4. The lowest BCUT2D eigenvalue weighted by atomic mass is 10.1. The third-order valence-electron chi connectivity index (χ3n) is 4.33. The van der Waals surface area contributed by atoms with Gasteiger partial charge < -0.3 is 10.6 Å². The van der Waals surface area contributed by atoms with Gasteiger partial charge in [0.1, 0.15) is 5.78 Å². The van der Waals surface area contributed by atoms with Crippen LogP contribution in [0.4, 0.5) is 5.69 Å². The predicted octanol–water partition coefficient (Wildman–Crippen LogP) is 4.07. The first-order valence-corrected chi connectivity index (χ1v) is 10.8. The molecule has 0 fully saturated rings. The summed E-state index contributed by atoms with van der Waals surface area (Å²) in [6.45, 7) is 5.75. The van der Waals surface area contributed by atoms with Crippen molar-refractivity contribution in [2.24, 2.45) is 0 Å². The zero-order chi connectivity index (χ0) is 22.1. The van der Waals surface area contributed by atoms with Crippen LogP contribution in [0, 0.1) is 6.92 Å². The van der Waals surface area contributed by atoms with Gasteiger partial charge in [0.05, 0.1) is 11.3 Å². The molecule has 1 aromatic heterocycles. The summed E-state index contributed by atoms with van der Waals surface area (Å²) in [5.41, 5.74) is 1.47. The Morgan fingerprint density at radius 1 is 0.867 bits per heavy atom. The number of amides is 2. The lowest BCUT2D eigenvalue weighted by Crippen LogP contribution is -2.31. The molecule has 0 aliphatic carbocycles. The summed E-state index contributed by atoms with van der Waals surface area (Å²) >= 11 is 1.43. The highest BCUT2D eigenvalue weighted by molar-refractivity contribution is 7.14. The lowest BCUT2D eigenvalue weighted by molar-refractivity contribution is -0.122. The molecule has 0 aliphatic rings. The highest BCUT2D eigenvalue weighted by Crippen LogP contribution is 2.18. The molecule has 2 amide bonds. The molecule has 1 heterocycles. The number of benzene rings is 1. The minimum Gasteiger partial charge on any atom is -0.354 e. The molecule has 2 N–H and O–H groups in total. The van der Waals surface area contributed by atoms with Crippen molar-refractivity contribution >= 4 is 40.4 Å². The minimum absolute atomic E-state index is 0.0342. The van der Waals surface area contributed by atoms with Crippen molar-refractivity contribution in [1.29, 1.82) is 0 Å². The van der Waals surface area contributed by atoms with Crippen molar-refractivity contribution in [1.82, 2.24) is 5.32 Å². The summed E-state index contributed by atoms with van der Waals surface area (Å²) < 4.78 is 0. The van der Waals surface area contributed by atoms with Gasteiger partial charge in [-0.05, 0) is 50.6 Å². The lowest BCUT2D eigenvalue weighted by Gasteiger charge is -2.09. The molecule has 0 atom stereocenters. The zero-order valence-electron chi connectivity index (χ0n) is 17.6.